The highest BCUT2D eigenvalue weighted by molar-refractivity contribution is 7.80. The molecule has 0 saturated heterocycles. The van der Waals surface area contributed by atoms with Crippen molar-refractivity contribution in [3.8, 4) is 0 Å². The Morgan fingerprint density at radius 3 is 2.50 bits per heavy atom. The zero-order valence-corrected chi connectivity index (χ0v) is 10.8. The topological polar surface area (TPSA) is 60.0 Å². The Bertz CT molecular complexity index is 426. The van der Waals surface area contributed by atoms with Crippen LogP contribution in [0, 0.1) is 0 Å². The first-order valence-electron chi connectivity index (χ1n) is 5.18. The Morgan fingerprint density at radius 2 is 2.06 bits per heavy atom. The van der Waals surface area contributed by atoms with Gasteiger partial charge in [-0.15, -0.1) is 5.10 Å². The third kappa shape index (κ3) is 3.64. The van der Waals surface area contributed by atoms with E-state index in [1.54, 1.807) is 0 Å². The summed E-state index contributed by atoms with van der Waals surface area (Å²) in [6, 6.07) is 0. The number of nitrogens with two attached hydrogens (primary N) is 1. The number of hydrogen-bond acceptors (Lipinski definition) is 4. The van der Waals surface area contributed by atoms with Crippen molar-refractivity contribution >= 4 is 17.2 Å². The van der Waals surface area contributed by atoms with E-state index in [2.05, 4.69) is 22.5 Å². The maximum atomic E-state index is 12.9. The van der Waals surface area contributed by atoms with Crippen molar-refractivity contribution in [2.75, 3.05) is 20.6 Å². The zero-order valence-electron chi connectivity index (χ0n) is 10.0. The van der Waals surface area contributed by atoms with E-state index in [9.17, 15) is 13.2 Å². The van der Waals surface area contributed by atoms with E-state index in [4.69, 9.17) is 5.73 Å². The molecule has 0 aliphatic rings. The number of thiocarbonyl (C=S) groups is 1. The molecule has 1 heterocycles. The predicted molar refractivity (Wildman–Crippen MR) is 64.1 cm³/mol. The maximum Gasteiger partial charge on any atom is 0.435 e. The Labute approximate surface area is 108 Å². The van der Waals surface area contributed by atoms with Crippen LogP contribution in [0.2, 0.25) is 0 Å². The van der Waals surface area contributed by atoms with Crippen LogP contribution in [0.5, 0.6) is 0 Å². The standard InChI is InChI=1S/C9H14F3N5S/c1-16(2)4-3-5-17-7(9(10,11)12)6(8(13)18)14-15-17/h3-5H2,1-2H3,(H2,13,18). The molecule has 0 spiro atoms. The fraction of sp³-hybridized carbons (Fsp3) is 0.667. The Morgan fingerprint density at radius 1 is 1.44 bits per heavy atom. The average Bonchev–Trinajstić information content (AvgIpc) is 2.60. The van der Waals surface area contributed by atoms with Gasteiger partial charge in [0.25, 0.3) is 0 Å². The fourth-order valence-corrected chi connectivity index (χ4v) is 1.59. The van der Waals surface area contributed by atoms with Crippen LogP contribution in [0.4, 0.5) is 13.2 Å². The molecule has 9 heteroatoms. The molecule has 0 fully saturated rings. The third-order valence-corrected chi connectivity index (χ3v) is 2.41. The average molecular weight is 281 g/mol. The molecule has 18 heavy (non-hydrogen) atoms. The summed E-state index contributed by atoms with van der Waals surface area (Å²) in [5, 5.41) is 6.85. The van der Waals surface area contributed by atoms with Gasteiger partial charge in [0.05, 0.1) is 0 Å². The van der Waals surface area contributed by atoms with E-state index < -0.39 is 22.6 Å². The van der Waals surface area contributed by atoms with Gasteiger partial charge < -0.3 is 10.6 Å². The van der Waals surface area contributed by atoms with Crippen LogP contribution in [-0.2, 0) is 12.7 Å². The molecule has 0 amide bonds. The van der Waals surface area contributed by atoms with Crippen LogP contribution in [0.15, 0.2) is 0 Å². The lowest BCUT2D eigenvalue weighted by Gasteiger charge is -2.12. The minimum Gasteiger partial charge on any atom is -0.388 e. The molecule has 0 atom stereocenters. The molecule has 2 N–H and O–H groups in total. The van der Waals surface area contributed by atoms with E-state index in [0.717, 1.165) is 4.68 Å². The predicted octanol–water partition coefficient (Wildman–Crippen LogP) is 0.883. The van der Waals surface area contributed by atoms with Gasteiger partial charge in [-0.05, 0) is 27.1 Å². The SMILES string of the molecule is CN(C)CCCn1nnc(C(N)=S)c1C(F)(F)F. The second-order valence-corrected chi connectivity index (χ2v) is 4.47. The molecule has 0 aliphatic carbocycles. The van der Waals surface area contributed by atoms with Crippen LogP contribution < -0.4 is 5.73 Å². The lowest BCUT2D eigenvalue weighted by molar-refractivity contribution is -0.144. The number of hydrogen-bond donors (Lipinski definition) is 1. The Hall–Kier alpha value is -1.22. The molecule has 0 saturated carbocycles. The third-order valence-electron chi connectivity index (χ3n) is 2.21. The zero-order chi connectivity index (χ0) is 13.9. The molecule has 1 rings (SSSR count). The van der Waals surface area contributed by atoms with Gasteiger partial charge in [0.1, 0.15) is 4.99 Å². The number of aryl methyl sites for hydroxylation is 1. The summed E-state index contributed by atoms with van der Waals surface area (Å²) in [4.78, 5) is 1.47. The lowest BCUT2D eigenvalue weighted by Crippen LogP contribution is -2.22. The molecular weight excluding hydrogens is 267 g/mol. The minimum absolute atomic E-state index is 0.114. The van der Waals surface area contributed by atoms with Crippen molar-refractivity contribution in [2.24, 2.45) is 5.73 Å². The van der Waals surface area contributed by atoms with Crippen LogP contribution in [0.3, 0.4) is 0 Å². The van der Waals surface area contributed by atoms with Crippen LogP contribution in [0.1, 0.15) is 17.8 Å². The lowest BCUT2D eigenvalue weighted by atomic mass is 10.3. The second-order valence-electron chi connectivity index (χ2n) is 4.03. The minimum atomic E-state index is -4.57. The van der Waals surface area contributed by atoms with Gasteiger partial charge in [-0.25, -0.2) is 4.68 Å². The largest absolute Gasteiger partial charge is 0.435 e. The van der Waals surface area contributed by atoms with Crippen molar-refractivity contribution in [3.05, 3.63) is 11.4 Å². The molecule has 0 aromatic carbocycles. The van der Waals surface area contributed by atoms with Crippen molar-refractivity contribution < 1.29 is 13.2 Å². The van der Waals surface area contributed by atoms with E-state index in [1.165, 1.54) is 0 Å². The number of aromatic nitrogens is 3. The van der Waals surface area contributed by atoms with Gasteiger partial charge in [-0.1, -0.05) is 17.4 Å². The summed E-state index contributed by atoms with van der Waals surface area (Å²) in [5.74, 6) is 0. The van der Waals surface area contributed by atoms with Gasteiger partial charge in [-0.3, -0.25) is 0 Å². The number of alkyl halides is 3. The van der Waals surface area contributed by atoms with Crippen molar-refractivity contribution in [1.29, 1.82) is 0 Å². The van der Waals surface area contributed by atoms with E-state index in [1.807, 2.05) is 19.0 Å². The quantitative estimate of drug-likeness (QED) is 0.812. The van der Waals surface area contributed by atoms with Crippen LogP contribution in [0.25, 0.3) is 0 Å². The first-order chi connectivity index (χ1) is 8.23. The second kappa shape index (κ2) is 5.61. The summed E-state index contributed by atoms with van der Waals surface area (Å²) >= 11 is 4.54. The summed E-state index contributed by atoms with van der Waals surface area (Å²) in [5.41, 5.74) is 3.76. The summed E-state index contributed by atoms with van der Waals surface area (Å²) in [7, 11) is 3.68. The summed E-state index contributed by atoms with van der Waals surface area (Å²) in [6.45, 7) is 0.766. The Balaban J connectivity index is 2.95. The maximum absolute atomic E-state index is 12.9. The van der Waals surface area contributed by atoms with Crippen molar-refractivity contribution in [3.63, 3.8) is 0 Å². The Kier molecular flexibility index (Phi) is 4.63. The number of halogens is 3. The van der Waals surface area contributed by atoms with Gasteiger partial charge in [0.2, 0.25) is 0 Å². The van der Waals surface area contributed by atoms with E-state index in [0.29, 0.717) is 13.0 Å². The van der Waals surface area contributed by atoms with Crippen LogP contribution in [-0.4, -0.2) is 45.5 Å². The highest BCUT2D eigenvalue weighted by atomic mass is 32.1. The number of nitrogens with zero attached hydrogens (tertiary/aromatic N) is 4. The monoisotopic (exact) mass is 281 g/mol. The van der Waals surface area contributed by atoms with Gasteiger partial charge in [-0.2, -0.15) is 13.2 Å². The molecule has 1 aromatic heterocycles. The number of rotatable bonds is 5. The summed E-state index contributed by atoms with van der Waals surface area (Å²) < 4.78 is 39.4. The smallest absolute Gasteiger partial charge is 0.388 e. The molecule has 0 unspecified atom stereocenters. The van der Waals surface area contributed by atoms with Gasteiger partial charge in [0.15, 0.2) is 11.4 Å². The van der Waals surface area contributed by atoms with Gasteiger partial charge >= 0.3 is 6.18 Å². The molecule has 1 aromatic rings. The fourth-order valence-electron chi connectivity index (χ4n) is 1.45. The van der Waals surface area contributed by atoms with E-state index >= 15 is 0 Å². The molecule has 0 radical (unpaired) electrons. The van der Waals surface area contributed by atoms with Crippen molar-refractivity contribution in [2.45, 2.75) is 19.1 Å². The van der Waals surface area contributed by atoms with Gasteiger partial charge in [0, 0.05) is 6.54 Å². The molecular formula is C9H14F3N5S. The summed E-state index contributed by atoms with van der Waals surface area (Å²) in [6.07, 6.45) is -4.05. The van der Waals surface area contributed by atoms with Crippen molar-refractivity contribution in [1.82, 2.24) is 19.9 Å². The molecule has 102 valence electrons. The molecule has 0 aliphatic heterocycles. The molecule has 5 nitrogen and oxygen atoms in total. The highest BCUT2D eigenvalue weighted by Gasteiger charge is 2.39. The normalized spacial score (nSPS) is 12.1. The van der Waals surface area contributed by atoms with Crippen LogP contribution >= 0.6 is 12.2 Å². The first-order valence-corrected chi connectivity index (χ1v) is 5.59. The highest BCUT2D eigenvalue weighted by Crippen LogP contribution is 2.31. The first kappa shape index (κ1) is 14.8. The molecule has 0 bridgehead atoms. The van der Waals surface area contributed by atoms with E-state index in [-0.39, 0.29) is 6.54 Å².